The number of imidazole rings is 1. The third-order valence-corrected chi connectivity index (χ3v) is 2.79. The van der Waals surface area contributed by atoms with Gasteiger partial charge in [0.05, 0.1) is 11.9 Å². The van der Waals surface area contributed by atoms with E-state index in [-0.39, 0.29) is 5.75 Å². The van der Waals surface area contributed by atoms with Gasteiger partial charge < -0.3 is 10.0 Å². The van der Waals surface area contributed by atoms with Crippen molar-refractivity contribution >= 4 is 17.1 Å². The van der Waals surface area contributed by atoms with Crippen molar-refractivity contribution in [3.05, 3.63) is 36.8 Å². The zero-order valence-electron chi connectivity index (χ0n) is 10.6. The summed E-state index contributed by atoms with van der Waals surface area (Å²) < 4.78 is 1.82. The molecule has 0 bridgehead atoms. The van der Waals surface area contributed by atoms with E-state index in [2.05, 4.69) is 15.0 Å². The Balaban J connectivity index is 2.21. The molecule has 0 aliphatic carbocycles. The van der Waals surface area contributed by atoms with Crippen LogP contribution in [-0.2, 0) is 0 Å². The maximum absolute atomic E-state index is 9.55. The normalized spacial score (nSPS) is 10.8. The van der Waals surface area contributed by atoms with Crippen molar-refractivity contribution in [3.63, 3.8) is 0 Å². The minimum Gasteiger partial charge on any atom is -0.508 e. The maximum atomic E-state index is 9.55. The Labute approximate surface area is 110 Å². The van der Waals surface area contributed by atoms with Crippen molar-refractivity contribution in [2.75, 3.05) is 19.0 Å². The van der Waals surface area contributed by atoms with Crippen molar-refractivity contribution in [2.24, 2.45) is 0 Å². The third-order valence-electron chi connectivity index (χ3n) is 2.79. The molecular weight excluding hydrogens is 242 g/mol. The number of fused-ring (bicyclic) bond motifs is 1. The minimum atomic E-state index is 0.209. The van der Waals surface area contributed by atoms with E-state index < -0.39 is 0 Å². The Kier molecular flexibility index (Phi) is 2.56. The van der Waals surface area contributed by atoms with Crippen LogP contribution in [0.5, 0.6) is 5.75 Å². The van der Waals surface area contributed by atoms with E-state index in [1.165, 1.54) is 0 Å². The van der Waals surface area contributed by atoms with Crippen LogP contribution in [0.25, 0.3) is 16.9 Å². The molecule has 19 heavy (non-hydrogen) atoms. The van der Waals surface area contributed by atoms with Crippen molar-refractivity contribution < 1.29 is 5.11 Å². The standard InChI is InChI=1S/C13H13N5O/c1-17(2)13-14-7-11-12(16-13)18(8-15-11)9-4-3-5-10(19)6-9/h3-8,19H,1-2H3. The first-order valence-electron chi connectivity index (χ1n) is 5.82. The summed E-state index contributed by atoms with van der Waals surface area (Å²) in [6.45, 7) is 0. The Bertz CT molecular complexity index is 735. The first kappa shape index (κ1) is 11.5. The van der Waals surface area contributed by atoms with Crippen LogP contribution in [0.15, 0.2) is 36.8 Å². The van der Waals surface area contributed by atoms with Gasteiger partial charge >= 0.3 is 0 Å². The van der Waals surface area contributed by atoms with E-state index >= 15 is 0 Å². The lowest BCUT2D eigenvalue weighted by Gasteiger charge is -2.10. The van der Waals surface area contributed by atoms with Crippen LogP contribution in [0.4, 0.5) is 5.95 Å². The second kappa shape index (κ2) is 4.24. The molecule has 3 rings (SSSR count). The molecule has 0 atom stereocenters. The van der Waals surface area contributed by atoms with E-state index in [4.69, 9.17) is 0 Å². The van der Waals surface area contributed by atoms with Gasteiger partial charge in [-0.3, -0.25) is 4.57 Å². The van der Waals surface area contributed by atoms with E-state index in [1.54, 1.807) is 30.7 Å². The summed E-state index contributed by atoms with van der Waals surface area (Å²) in [6, 6.07) is 6.96. The zero-order chi connectivity index (χ0) is 13.4. The second-order valence-electron chi connectivity index (χ2n) is 4.41. The van der Waals surface area contributed by atoms with Gasteiger partial charge in [-0.25, -0.2) is 9.97 Å². The number of benzene rings is 1. The second-order valence-corrected chi connectivity index (χ2v) is 4.41. The topological polar surface area (TPSA) is 67.1 Å². The van der Waals surface area contributed by atoms with Gasteiger partial charge in [0.2, 0.25) is 5.95 Å². The summed E-state index contributed by atoms with van der Waals surface area (Å²) in [7, 11) is 3.77. The first-order valence-corrected chi connectivity index (χ1v) is 5.82. The Morgan fingerprint density at radius 3 is 2.79 bits per heavy atom. The summed E-state index contributed by atoms with van der Waals surface area (Å²) in [4.78, 5) is 14.8. The van der Waals surface area contributed by atoms with E-state index in [1.807, 2.05) is 29.6 Å². The smallest absolute Gasteiger partial charge is 0.226 e. The lowest BCUT2D eigenvalue weighted by Crippen LogP contribution is -2.12. The predicted octanol–water partition coefficient (Wildman–Crippen LogP) is 1.59. The number of anilines is 1. The van der Waals surface area contributed by atoms with Gasteiger partial charge in [-0.15, -0.1) is 0 Å². The zero-order valence-corrected chi connectivity index (χ0v) is 10.6. The molecule has 0 amide bonds. The Morgan fingerprint density at radius 2 is 2.05 bits per heavy atom. The lowest BCUT2D eigenvalue weighted by molar-refractivity contribution is 0.475. The number of phenolic OH excluding ortho intramolecular Hbond substituents is 1. The summed E-state index contributed by atoms with van der Waals surface area (Å²) >= 11 is 0. The van der Waals surface area contributed by atoms with Gasteiger partial charge in [0.1, 0.15) is 17.6 Å². The molecule has 0 unspecified atom stereocenters. The van der Waals surface area contributed by atoms with Crippen molar-refractivity contribution in [1.29, 1.82) is 0 Å². The first-order chi connectivity index (χ1) is 9.15. The van der Waals surface area contributed by atoms with Gasteiger partial charge in [0.15, 0.2) is 5.65 Å². The fraction of sp³-hybridized carbons (Fsp3) is 0.154. The number of aromatic nitrogens is 4. The molecule has 96 valence electrons. The predicted molar refractivity (Wildman–Crippen MR) is 72.7 cm³/mol. The van der Waals surface area contributed by atoms with E-state index in [0.717, 1.165) is 5.69 Å². The molecule has 3 aromatic rings. The van der Waals surface area contributed by atoms with Crippen LogP contribution >= 0.6 is 0 Å². The number of phenols is 1. The molecule has 2 aromatic heterocycles. The number of hydrogen-bond acceptors (Lipinski definition) is 5. The Hall–Kier alpha value is -2.63. The fourth-order valence-corrected chi connectivity index (χ4v) is 1.85. The van der Waals surface area contributed by atoms with Gasteiger partial charge in [-0.05, 0) is 12.1 Å². The van der Waals surface area contributed by atoms with Gasteiger partial charge in [0.25, 0.3) is 0 Å². The summed E-state index contributed by atoms with van der Waals surface area (Å²) in [5.74, 6) is 0.829. The van der Waals surface area contributed by atoms with Gasteiger partial charge in [0, 0.05) is 20.2 Å². The molecular formula is C13H13N5O. The van der Waals surface area contributed by atoms with Crippen LogP contribution in [0.3, 0.4) is 0 Å². The molecule has 0 saturated carbocycles. The van der Waals surface area contributed by atoms with E-state index in [9.17, 15) is 5.11 Å². The molecule has 0 spiro atoms. The highest BCUT2D eigenvalue weighted by molar-refractivity contribution is 5.73. The van der Waals surface area contributed by atoms with Crippen molar-refractivity contribution in [1.82, 2.24) is 19.5 Å². The average molecular weight is 255 g/mol. The van der Waals surface area contributed by atoms with Gasteiger partial charge in [-0.1, -0.05) is 6.07 Å². The monoisotopic (exact) mass is 255 g/mol. The molecule has 0 aliphatic heterocycles. The summed E-state index contributed by atoms with van der Waals surface area (Å²) in [6.07, 6.45) is 3.37. The van der Waals surface area contributed by atoms with Crippen LogP contribution in [0.2, 0.25) is 0 Å². The molecule has 1 N–H and O–H groups in total. The largest absolute Gasteiger partial charge is 0.508 e. The van der Waals surface area contributed by atoms with Gasteiger partial charge in [-0.2, -0.15) is 4.98 Å². The molecule has 0 aliphatic rings. The molecule has 0 fully saturated rings. The molecule has 6 nitrogen and oxygen atoms in total. The highest BCUT2D eigenvalue weighted by atomic mass is 16.3. The third kappa shape index (κ3) is 1.97. The van der Waals surface area contributed by atoms with Crippen molar-refractivity contribution in [3.8, 4) is 11.4 Å². The van der Waals surface area contributed by atoms with Crippen LogP contribution < -0.4 is 4.90 Å². The SMILES string of the molecule is CN(C)c1ncc2ncn(-c3cccc(O)c3)c2n1. The number of aromatic hydroxyl groups is 1. The van der Waals surface area contributed by atoms with Crippen LogP contribution in [0.1, 0.15) is 0 Å². The Morgan fingerprint density at radius 1 is 1.21 bits per heavy atom. The van der Waals surface area contributed by atoms with Crippen molar-refractivity contribution in [2.45, 2.75) is 0 Å². The van der Waals surface area contributed by atoms with Crippen LogP contribution in [-0.4, -0.2) is 38.7 Å². The minimum absolute atomic E-state index is 0.209. The molecule has 6 heteroatoms. The molecule has 1 aromatic carbocycles. The molecule has 0 radical (unpaired) electrons. The highest BCUT2D eigenvalue weighted by Gasteiger charge is 2.09. The lowest BCUT2D eigenvalue weighted by atomic mass is 10.3. The highest BCUT2D eigenvalue weighted by Crippen LogP contribution is 2.20. The van der Waals surface area contributed by atoms with E-state index in [0.29, 0.717) is 17.1 Å². The molecule has 2 heterocycles. The summed E-state index contributed by atoms with van der Waals surface area (Å²) in [5, 5.41) is 9.55. The number of hydrogen-bond donors (Lipinski definition) is 1. The number of rotatable bonds is 2. The van der Waals surface area contributed by atoms with Crippen LogP contribution in [0, 0.1) is 0 Å². The average Bonchev–Trinajstić information content (AvgIpc) is 2.81. The maximum Gasteiger partial charge on any atom is 0.226 e. The quantitative estimate of drug-likeness (QED) is 0.753. The fourth-order valence-electron chi connectivity index (χ4n) is 1.85. The molecule has 0 saturated heterocycles. The number of nitrogens with zero attached hydrogens (tertiary/aromatic N) is 5. The summed E-state index contributed by atoms with van der Waals surface area (Å²) in [5.41, 5.74) is 2.24.